The van der Waals surface area contributed by atoms with Crippen LogP contribution in [0, 0.1) is 29.6 Å². The number of hydrogen-bond acceptors (Lipinski definition) is 1. The fraction of sp³-hybridized carbons (Fsp3) is 0.625. The third kappa shape index (κ3) is 1.93. The minimum Gasteiger partial charge on any atom is -0.327 e. The summed E-state index contributed by atoms with van der Waals surface area (Å²) in [6, 6.07) is 6.21. The topological polar surface area (TPSA) is 26.0 Å². The molecule has 4 rings (SSSR count). The van der Waals surface area contributed by atoms with Crippen molar-refractivity contribution in [3.63, 3.8) is 0 Å². The lowest BCUT2D eigenvalue weighted by Crippen LogP contribution is -2.28. The SMILES string of the molecule is NC(Cc1ccc(Cl)c(Cl)c1)C1C2C3CCC(C3)C12. The highest BCUT2D eigenvalue weighted by atomic mass is 35.5. The van der Waals surface area contributed by atoms with Gasteiger partial charge in [-0.2, -0.15) is 0 Å². The molecule has 0 aromatic heterocycles. The van der Waals surface area contributed by atoms with Gasteiger partial charge in [-0.25, -0.2) is 0 Å². The normalized spacial score (nSPS) is 40.3. The molecule has 1 aromatic carbocycles. The Kier molecular flexibility index (Phi) is 2.88. The summed E-state index contributed by atoms with van der Waals surface area (Å²) in [5, 5.41) is 1.27. The van der Waals surface area contributed by atoms with Crippen molar-refractivity contribution >= 4 is 23.2 Å². The Hall–Kier alpha value is -0.240. The van der Waals surface area contributed by atoms with E-state index in [-0.39, 0.29) is 0 Å². The first kappa shape index (κ1) is 12.5. The number of benzene rings is 1. The summed E-state index contributed by atoms with van der Waals surface area (Å²) >= 11 is 12.0. The van der Waals surface area contributed by atoms with Crippen molar-refractivity contribution in [3.8, 4) is 0 Å². The van der Waals surface area contributed by atoms with Crippen molar-refractivity contribution in [2.45, 2.75) is 31.7 Å². The van der Waals surface area contributed by atoms with Crippen LogP contribution in [0.25, 0.3) is 0 Å². The monoisotopic (exact) mass is 295 g/mol. The second-order valence-electron chi connectivity index (χ2n) is 6.68. The summed E-state index contributed by atoms with van der Waals surface area (Å²) in [6.45, 7) is 0. The molecule has 0 saturated heterocycles. The molecule has 2 bridgehead atoms. The van der Waals surface area contributed by atoms with Gasteiger partial charge in [-0.3, -0.25) is 0 Å². The Morgan fingerprint density at radius 1 is 1.11 bits per heavy atom. The van der Waals surface area contributed by atoms with E-state index in [9.17, 15) is 0 Å². The van der Waals surface area contributed by atoms with E-state index in [0.29, 0.717) is 16.1 Å². The maximum atomic E-state index is 6.47. The number of halogens is 2. The average molecular weight is 296 g/mol. The van der Waals surface area contributed by atoms with Gasteiger partial charge in [-0.1, -0.05) is 29.3 Å². The molecule has 0 aliphatic heterocycles. The molecule has 0 spiro atoms. The van der Waals surface area contributed by atoms with Gasteiger partial charge < -0.3 is 5.73 Å². The maximum Gasteiger partial charge on any atom is 0.0595 e. The molecule has 2 N–H and O–H groups in total. The highest BCUT2D eigenvalue weighted by Crippen LogP contribution is 2.70. The second-order valence-corrected chi connectivity index (χ2v) is 7.50. The third-order valence-electron chi connectivity index (χ3n) is 5.74. The van der Waals surface area contributed by atoms with E-state index in [4.69, 9.17) is 28.9 Å². The first-order valence-electron chi connectivity index (χ1n) is 7.34. The third-order valence-corrected chi connectivity index (χ3v) is 6.48. The molecule has 3 aliphatic rings. The number of hydrogen-bond donors (Lipinski definition) is 1. The molecule has 3 heteroatoms. The molecule has 5 atom stereocenters. The summed E-state index contributed by atoms with van der Waals surface area (Å²) < 4.78 is 0. The van der Waals surface area contributed by atoms with Gasteiger partial charge in [0.1, 0.15) is 0 Å². The molecule has 5 unspecified atom stereocenters. The van der Waals surface area contributed by atoms with Crippen LogP contribution in [0.15, 0.2) is 18.2 Å². The molecule has 1 aromatic rings. The van der Waals surface area contributed by atoms with Crippen LogP contribution in [0.2, 0.25) is 10.0 Å². The maximum absolute atomic E-state index is 6.47. The highest BCUT2D eigenvalue weighted by Gasteiger charge is 2.65. The number of fused-ring (bicyclic) bond motifs is 5. The Bertz CT molecular complexity index is 499. The number of nitrogens with two attached hydrogens (primary N) is 1. The Balaban J connectivity index is 1.45. The van der Waals surface area contributed by atoms with E-state index in [1.165, 1.54) is 24.8 Å². The van der Waals surface area contributed by atoms with Crippen LogP contribution in [0.5, 0.6) is 0 Å². The molecular formula is C16H19Cl2N. The van der Waals surface area contributed by atoms with Crippen LogP contribution in [-0.2, 0) is 6.42 Å². The zero-order valence-corrected chi connectivity index (χ0v) is 12.4. The lowest BCUT2D eigenvalue weighted by Gasteiger charge is -2.16. The van der Waals surface area contributed by atoms with Crippen LogP contribution < -0.4 is 5.73 Å². The zero-order valence-electron chi connectivity index (χ0n) is 10.9. The molecule has 3 aliphatic carbocycles. The molecule has 102 valence electrons. The molecule has 0 amide bonds. The largest absolute Gasteiger partial charge is 0.327 e. The van der Waals surface area contributed by atoms with E-state index < -0.39 is 0 Å². The lowest BCUT2D eigenvalue weighted by atomic mass is 9.94. The summed E-state index contributed by atoms with van der Waals surface area (Å²) in [4.78, 5) is 0. The van der Waals surface area contributed by atoms with E-state index in [1.807, 2.05) is 12.1 Å². The minimum atomic E-state index is 0.302. The molecule has 1 nitrogen and oxygen atoms in total. The average Bonchev–Trinajstić information content (AvgIpc) is 2.83. The van der Waals surface area contributed by atoms with E-state index in [1.54, 1.807) is 0 Å². The fourth-order valence-electron chi connectivity index (χ4n) is 5.04. The molecule has 19 heavy (non-hydrogen) atoms. The van der Waals surface area contributed by atoms with E-state index >= 15 is 0 Å². The van der Waals surface area contributed by atoms with Crippen LogP contribution >= 0.6 is 23.2 Å². The number of rotatable bonds is 3. The molecular weight excluding hydrogens is 277 g/mol. The predicted molar refractivity (Wildman–Crippen MR) is 79.4 cm³/mol. The second kappa shape index (κ2) is 4.38. The van der Waals surface area contributed by atoms with E-state index in [0.717, 1.165) is 36.0 Å². The van der Waals surface area contributed by atoms with Crippen molar-refractivity contribution in [1.29, 1.82) is 0 Å². The van der Waals surface area contributed by atoms with Gasteiger partial charge in [0.2, 0.25) is 0 Å². The van der Waals surface area contributed by atoms with Crippen LogP contribution in [0.3, 0.4) is 0 Å². The van der Waals surface area contributed by atoms with Gasteiger partial charge in [0.05, 0.1) is 10.0 Å². The summed E-state index contributed by atoms with van der Waals surface area (Å²) in [5.74, 6) is 4.69. The Morgan fingerprint density at radius 3 is 2.42 bits per heavy atom. The van der Waals surface area contributed by atoms with Gasteiger partial charge in [0, 0.05) is 6.04 Å². The first-order valence-corrected chi connectivity index (χ1v) is 8.10. The van der Waals surface area contributed by atoms with Crippen LogP contribution in [0.1, 0.15) is 24.8 Å². The lowest BCUT2D eigenvalue weighted by molar-refractivity contribution is 0.409. The zero-order chi connectivity index (χ0) is 13.1. The minimum absolute atomic E-state index is 0.302. The van der Waals surface area contributed by atoms with Crippen molar-refractivity contribution in [1.82, 2.24) is 0 Å². The van der Waals surface area contributed by atoms with Crippen LogP contribution in [-0.4, -0.2) is 6.04 Å². The Labute approximate surface area is 124 Å². The predicted octanol–water partition coefficient (Wildman–Crippen LogP) is 4.16. The Morgan fingerprint density at radius 2 is 1.79 bits per heavy atom. The van der Waals surface area contributed by atoms with Gasteiger partial charge >= 0.3 is 0 Å². The standard InChI is InChI=1S/C16H19Cl2N/c17-11-4-1-8(5-12(11)18)6-13(19)16-14-9-2-3-10(7-9)15(14)16/h1,4-5,9-10,13-16H,2-3,6-7,19H2. The molecule has 3 saturated carbocycles. The fourth-order valence-corrected chi connectivity index (χ4v) is 5.36. The van der Waals surface area contributed by atoms with Gasteiger partial charge in [0.25, 0.3) is 0 Å². The molecule has 0 radical (unpaired) electrons. The van der Waals surface area contributed by atoms with Crippen molar-refractivity contribution in [2.24, 2.45) is 35.3 Å². The van der Waals surface area contributed by atoms with Gasteiger partial charge in [0.15, 0.2) is 0 Å². The summed E-state index contributed by atoms with van der Waals surface area (Å²) in [7, 11) is 0. The van der Waals surface area contributed by atoms with Crippen LogP contribution in [0.4, 0.5) is 0 Å². The van der Waals surface area contributed by atoms with Gasteiger partial charge in [-0.05, 0) is 73.0 Å². The van der Waals surface area contributed by atoms with Crippen molar-refractivity contribution < 1.29 is 0 Å². The van der Waals surface area contributed by atoms with Crippen molar-refractivity contribution in [3.05, 3.63) is 33.8 Å². The highest BCUT2D eigenvalue weighted by molar-refractivity contribution is 6.42. The summed E-state index contributed by atoms with van der Waals surface area (Å²) in [5.41, 5.74) is 7.69. The smallest absolute Gasteiger partial charge is 0.0595 e. The molecule has 3 fully saturated rings. The van der Waals surface area contributed by atoms with Crippen molar-refractivity contribution in [2.75, 3.05) is 0 Å². The quantitative estimate of drug-likeness (QED) is 0.890. The molecule has 0 heterocycles. The first-order chi connectivity index (χ1) is 9.15. The van der Waals surface area contributed by atoms with Gasteiger partial charge in [-0.15, -0.1) is 0 Å². The van der Waals surface area contributed by atoms with E-state index in [2.05, 4.69) is 6.07 Å². The summed E-state index contributed by atoms with van der Waals surface area (Å²) in [6.07, 6.45) is 5.35.